The zero-order chi connectivity index (χ0) is 14.5. The Kier molecular flexibility index (Phi) is 5.35. The van der Waals surface area contributed by atoms with Crippen molar-refractivity contribution in [3.63, 3.8) is 0 Å². The average molecular weight is 285 g/mol. The Bertz CT molecular complexity index is 397. The summed E-state index contributed by atoms with van der Waals surface area (Å²) in [6, 6.07) is 12.7. The summed E-state index contributed by atoms with van der Waals surface area (Å²) in [6.45, 7) is 2.35. The Labute approximate surface area is 130 Å². The van der Waals surface area contributed by atoms with Gasteiger partial charge in [0.15, 0.2) is 0 Å². The molecule has 1 aromatic carbocycles. The van der Waals surface area contributed by atoms with Crippen LogP contribution in [-0.2, 0) is 0 Å². The van der Waals surface area contributed by atoms with Crippen molar-refractivity contribution in [3.05, 3.63) is 35.9 Å². The summed E-state index contributed by atoms with van der Waals surface area (Å²) in [5.41, 5.74) is 1.56. The smallest absolute Gasteiger partial charge is 0.00700 e. The van der Waals surface area contributed by atoms with Gasteiger partial charge in [-0.25, -0.2) is 0 Å². The van der Waals surface area contributed by atoms with E-state index in [1.165, 1.54) is 57.8 Å². The third kappa shape index (κ3) is 4.10. The van der Waals surface area contributed by atoms with Crippen molar-refractivity contribution < 1.29 is 0 Å². The van der Waals surface area contributed by atoms with E-state index in [4.69, 9.17) is 0 Å². The summed E-state index contributed by atoms with van der Waals surface area (Å²) in [6.07, 6.45) is 12.6. The van der Waals surface area contributed by atoms with Crippen molar-refractivity contribution in [2.45, 2.75) is 82.7 Å². The Hall–Kier alpha value is -0.820. The van der Waals surface area contributed by atoms with E-state index in [2.05, 4.69) is 42.6 Å². The molecule has 116 valence electrons. The minimum Gasteiger partial charge on any atom is -0.311 e. The highest BCUT2D eigenvalue weighted by atomic mass is 15.0. The molecule has 0 amide bonds. The summed E-state index contributed by atoms with van der Waals surface area (Å²) in [7, 11) is 0. The van der Waals surface area contributed by atoms with E-state index in [9.17, 15) is 0 Å². The van der Waals surface area contributed by atoms with E-state index in [1.54, 1.807) is 5.56 Å². The highest BCUT2D eigenvalue weighted by molar-refractivity contribution is 5.20. The molecule has 0 heterocycles. The molecule has 0 aliphatic heterocycles. The Balaban J connectivity index is 1.42. The molecule has 0 aromatic heterocycles. The van der Waals surface area contributed by atoms with Crippen LogP contribution in [-0.4, -0.2) is 12.1 Å². The monoisotopic (exact) mass is 285 g/mol. The second kappa shape index (κ2) is 7.45. The van der Waals surface area contributed by atoms with Crippen molar-refractivity contribution in [2.75, 3.05) is 0 Å². The molecule has 1 nitrogen and oxygen atoms in total. The highest BCUT2D eigenvalue weighted by Crippen LogP contribution is 2.34. The lowest BCUT2D eigenvalue weighted by molar-refractivity contribution is 0.242. The predicted molar refractivity (Wildman–Crippen MR) is 90.6 cm³/mol. The van der Waals surface area contributed by atoms with Gasteiger partial charge in [-0.3, -0.25) is 0 Å². The first-order valence-corrected chi connectivity index (χ1v) is 9.16. The van der Waals surface area contributed by atoms with Crippen molar-refractivity contribution in [3.8, 4) is 0 Å². The topological polar surface area (TPSA) is 12.0 Å². The first kappa shape index (κ1) is 15.1. The fourth-order valence-electron chi connectivity index (χ4n) is 4.39. The van der Waals surface area contributed by atoms with Gasteiger partial charge in [0.1, 0.15) is 0 Å². The maximum atomic E-state index is 3.97. The van der Waals surface area contributed by atoms with Gasteiger partial charge in [-0.15, -0.1) is 0 Å². The molecule has 2 saturated carbocycles. The second-order valence-corrected chi connectivity index (χ2v) is 7.25. The van der Waals surface area contributed by atoms with Crippen molar-refractivity contribution in [2.24, 2.45) is 5.92 Å². The quantitative estimate of drug-likeness (QED) is 0.794. The van der Waals surface area contributed by atoms with Crippen LogP contribution in [0.4, 0.5) is 0 Å². The van der Waals surface area contributed by atoms with Crippen LogP contribution in [0.1, 0.15) is 76.2 Å². The summed E-state index contributed by atoms with van der Waals surface area (Å²) >= 11 is 0. The first-order valence-electron chi connectivity index (χ1n) is 9.16. The maximum Gasteiger partial charge on any atom is 0.00700 e. The SMILES string of the molecule is CCC1CCC(NC2CCC(c3ccccc3)CC2)CC1. The molecule has 0 saturated heterocycles. The van der Waals surface area contributed by atoms with Crippen molar-refractivity contribution in [1.82, 2.24) is 5.32 Å². The third-order valence-corrected chi connectivity index (χ3v) is 5.89. The fourth-order valence-corrected chi connectivity index (χ4v) is 4.39. The summed E-state index contributed by atoms with van der Waals surface area (Å²) < 4.78 is 0. The molecular formula is C20H31N. The maximum absolute atomic E-state index is 3.97. The van der Waals surface area contributed by atoms with Gasteiger partial charge in [0, 0.05) is 12.1 Å². The van der Waals surface area contributed by atoms with Crippen LogP contribution in [0.15, 0.2) is 30.3 Å². The van der Waals surface area contributed by atoms with Crippen LogP contribution in [0, 0.1) is 5.92 Å². The first-order chi connectivity index (χ1) is 10.3. The van der Waals surface area contributed by atoms with Crippen molar-refractivity contribution in [1.29, 1.82) is 0 Å². The van der Waals surface area contributed by atoms with Gasteiger partial charge < -0.3 is 5.32 Å². The van der Waals surface area contributed by atoms with Gasteiger partial charge >= 0.3 is 0 Å². The van der Waals surface area contributed by atoms with Crippen LogP contribution in [0.3, 0.4) is 0 Å². The Morgan fingerprint density at radius 3 is 1.95 bits per heavy atom. The Morgan fingerprint density at radius 2 is 1.38 bits per heavy atom. The molecule has 1 heteroatoms. The van der Waals surface area contributed by atoms with Gasteiger partial charge in [-0.05, 0) is 68.8 Å². The largest absolute Gasteiger partial charge is 0.311 e. The molecule has 0 bridgehead atoms. The molecule has 1 aromatic rings. The van der Waals surface area contributed by atoms with Gasteiger partial charge in [-0.1, -0.05) is 43.7 Å². The van der Waals surface area contributed by atoms with Gasteiger partial charge in [-0.2, -0.15) is 0 Å². The van der Waals surface area contributed by atoms with E-state index in [0.29, 0.717) is 0 Å². The molecule has 2 aliphatic rings. The van der Waals surface area contributed by atoms with Crippen LogP contribution in [0.25, 0.3) is 0 Å². The molecule has 2 fully saturated rings. The van der Waals surface area contributed by atoms with E-state index >= 15 is 0 Å². The molecule has 3 rings (SSSR count). The molecule has 0 atom stereocenters. The molecular weight excluding hydrogens is 254 g/mol. The van der Waals surface area contributed by atoms with Gasteiger partial charge in [0.05, 0.1) is 0 Å². The van der Waals surface area contributed by atoms with E-state index in [1.807, 2.05) is 0 Å². The van der Waals surface area contributed by atoms with Crippen molar-refractivity contribution >= 4 is 0 Å². The Morgan fingerprint density at radius 1 is 0.810 bits per heavy atom. The van der Waals surface area contributed by atoms with Crippen LogP contribution >= 0.6 is 0 Å². The molecule has 0 unspecified atom stereocenters. The minimum atomic E-state index is 0.785. The number of hydrogen-bond donors (Lipinski definition) is 1. The summed E-state index contributed by atoms with van der Waals surface area (Å²) in [5.74, 6) is 1.82. The standard InChI is InChI=1S/C20H31N/c1-2-16-8-12-19(13-9-16)21-20-14-10-18(11-15-20)17-6-4-3-5-7-17/h3-7,16,18-21H,2,8-15H2,1H3. The lowest BCUT2D eigenvalue weighted by atomic mass is 9.80. The number of benzene rings is 1. The second-order valence-electron chi connectivity index (χ2n) is 7.25. The molecule has 0 spiro atoms. The zero-order valence-electron chi connectivity index (χ0n) is 13.6. The summed E-state index contributed by atoms with van der Waals surface area (Å²) in [5, 5.41) is 3.97. The zero-order valence-corrected chi connectivity index (χ0v) is 13.6. The number of hydrogen-bond acceptors (Lipinski definition) is 1. The van der Waals surface area contributed by atoms with Crippen LogP contribution in [0.5, 0.6) is 0 Å². The van der Waals surface area contributed by atoms with E-state index in [0.717, 1.165) is 23.9 Å². The lowest BCUT2D eigenvalue weighted by Gasteiger charge is -2.35. The fraction of sp³-hybridized carbons (Fsp3) is 0.700. The highest BCUT2D eigenvalue weighted by Gasteiger charge is 2.26. The number of nitrogens with one attached hydrogen (secondary N) is 1. The van der Waals surface area contributed by atoms with Gasteiger partial charge in [0.25, 0.3) is 0 Å². The minimum absolute atomic E-state index is 0.785. The molecule has 1 N–H and O–H groups in total. The van der Waals surface area contributed by atoms with Gasteiger partial charge in [0.2, 0.25) is 0 Å². The third-order valence-electron chi connectivity index (χ3n) is 5.89. The average Bonchev–Trinajstić information content (AvgIpc) is 2.57. The molecule has 21 heavy (non-hydrogen) atoms. The van der Waals surface area contributed by atoms with Crippen LogP contribution in [0.2, 0.25) is 0 Å². The normalized spacial score (nSPS) is 33.8. The number of rotatable bonds is 4. The van der Waals surface area contributed by atoms with E-state index in [-0.39, 0.29) is 0 Å². The molecule has 0 radical (unpaired) electrons. The van der Waals surface area contributed by atoms with Crippen LogP contribution < -0.4 is 5.32 Å². The van der Waals surface area contributed by atoms with E-state index < -0.39 is 0 Å². The summed E-state index contributed by atoms with van der Waals surface area (Å²) in [4.78, 5) is 0. The molecule has 2 aliphatic carbocycles. The lowest BCUT2D eigenvalue weighted by Crippen LogP contribution is -2.42. The predicted octanol–water partition coefficient (Wildman–Crippen LogP) is 5.27.